The third-order valence-electron chi connectivity index (χ3n) is 4.66. The van der Waals surface area contributed by atoms with Crippen LogP contribution in [-0.2, 0) is 0 Å². The van der Waals surface area contributed by atoms with E-state index < -0.39 is 0 Å². The van der Waals surface area contributed by atoms with Gasteiger partial charge < -0.3 is 0 Å². The lowest BCUT2D eigenvalue weighted by Crippen LogP contribution is -1.81. The van der Waals surface area contributed by atoms with Crippen molar-refractivity contribution in [3.63, 3.8) is 0 Å². The van der Waals surface area contributed by atoms with Crippen LogP contribution >= 0.6 is 0 Å². The SMILES string of the molecule is [CH2]CCCCCCCC/C=C/CCCCCCCCCCC[CH2]. The van der Waals surface area contributed by atoms with Gasteiger partial charge in [0.05, 0.1) is 0 Å². The minimum Gasteiger partial charge on any atom is -0.0885 e. The Hall–Kier alpha value is -0.260. The molecule has 0 aliphatic carbocycles. The molecule has 0 saturated carbocycles. The molecule has 0 heteroatoms. The van der Waals surface area contributed by atoms with E-state index in [0.29, 0.717) is 0 Å². The highest BCUT2D eigenvalue weighted by Crippen LogP contribution is 2.12. The summed E-state index contributed by atoms with van der Waals surface area (Å²) in [4.78, 5) is 0. The highest BCUT2D eigenvalue weighted by molar-refractivity contribution is 4.81. The van der Waals surface area contributed by atoms with Gasteiger partial charge in [-0.1, -0.05) is 122 Å². The van der Waals surface area contributed by atoms with Gasteiger partial charge >= 0.3 is 0 Å². The Morgan fingerprint density at radius 3 is 0.913 bits per heavy atom. The number of rotatable bonds is 19. The molecule has 0 amide bonds. The summed E-state index contributed by atoms with van der Waals surface area (Å²) >= 11 is 0. The minimum atomic E-state index is 1.11. The standard InChI is InChI=1S/C23H44/c1-3-5-7-9-11-13-15-17-19-21-23-22-20-18-16-14-12-10-8-6-4-2/h19,21H,1-18,20,22-23H2/b21-19+. The van der Waals surface area contributed by atoms with Crippen molar-refractivity contribution < 1.29 is 0 Å². The van der Waals surface area contributed by atoms with Crippen LogP contribution in [-0.4, -0.2) is 0 Å². The van der Waals surface area contributed by atoms with Crippen LogP contribution in [0.5, 0.6) is 0 Å². The molecular weight excluding hydrogens is 276 g/mol. The van der Waals surface area contributed by atoms with Gasteiger partial charge in [0.2, 0.25) is 0 Å². The highest BCUT2D eigenvalue weighted by Gasteiger charge is 1.92. The van der Waals surface area contributed by atoms with E-state index in [1.54, 1.807) is 0 Å². The topological polar surface area (TPSA) is 0 Å². The zero-order valence-corrected chi connectivity index (χ0v) is 16.0. The van der Waals surface area contributed by atoms with Crippen molar-refractivity contribution in [2.75, 3.05) is 0 Å². The van der Waals surface area contributed by atoms with Crippen molar-refractivity contribution in [3.8, 4) is 0 Å². The van der Waals surface area contributed by atoms with Gasteiger partial charge in [-0.2, -0.15) is 0 Å². The van der Waals surface area contributed by atoms with Gasteiger partial charge in [0.25, 0.3) is 0 Å². The van der Waals surface area contributed by atoms with Crippen molar-refractivity contribution in [2.24, 2.45) is 0 Å². The lowest BCUT2D eigenvalue weighted by molar-refractivity contribution is 0.561. The van der Waals surface area contributed by atoms with Crippen LogP contribution in [0.15, 0.2) is 12.2 Å². The largest absolute Gasteiger partial charge is 0.0885 e. The smallest absolute Gasteiger partial charge is 0.0351 e. The molecule has 0 saturated heterocycles. The molecule has 0 atom stereocenters. The first-order chi connectivity index (χ1) is 11.4. The third-order valence-corrected chi connectivity index (χ3v) is 4.66. The molecule has 136 valence electrons. The molecule has 0 aliphatic rings. The van der Waals surface area contributed by atoms with Crippen molar-refractivity contribution >= 4 is 0 Å². The molecule has 0 N–H and O–H groups in total. The summed E-state index contributed by atoms with van der Waals surface area (Å²) in [5, 5.41) is 0. The fraction of sp³-hybridized carbons (Fsp3) is 0.826. The summed E-state index contributed by atoms with van der Waals surface area (Å²) in [7, 11) is 0. The summed E-state index contributed by atoms with van der Waals surface area (Å²) in [6.45, 7) is 7.79. The summed E-state index contributed by atoms with van der Waals surface area (Å²) in [5.41, 5.74) is 0. The lowest BCUT2D eigenvalue weighted by Gasteiger charge is -2.01. The molecule has 23 heavy (non-hydrogen) atoms. The molecule has 0 aromatic carbocycles. The first-order valence-corrected chi connectivity index (χ1v) is 10.6. The Morgan fingerprint density at radius 1 is 0.348 bits per heavy atom. The maximum atomic E-state index is 3.90. The molecule has 0 spiro atoms. The number of unbranched alkanes of at least 4 members (excludes halogenated alkanes) is 17. The molecule has 2 radical (unpaired) electrons. The van der Waals surface area contributed by atoms with Gasteiger partial charge in [0.1, 0.15) is 0 Å². The van der Waals surface area contributed by atoms with Gasteiger partial charge in [0.15, 0.2) is 0 Å². The van der Waals surface area contributed by atoms with Crippen LogP contribution in [0.1, 0.15) is 122 Å². The van der Waals surface area contributed by atoms with Gasteiger partial charge in [-0.05, 0) is 25.7 Å². The molecule has 0 rings (SSSR count). The van der Waals surface area contributed by atoms with E-state index in [9.17, 15) is 0 Å². The Labute approximate surface area is 148 Å². The normalized spacial score (nSPS) is 11.6. The molecule has 0 aromatic heterocycles. The van der Waals surface area contributed by atoms with Gasteiger partial charge in [-0.15, -0.1) is 0 Å². The zero-order chi connectivity index (χ0) is 16.8. The van der Waals surface area contributed by atoms with E-state index in [2.05, 4.69) is 26.0 Å². The Morgan fingerprint density at radius 2 is 0.609 bits per heavy atom. The molecule has 0 fully saturated rings. The molecule has 0 aliphatic heterocycles. The predicted molar refractivity (Wildman–Crippen MR) is 108 cm³/mol. The fourth-order valence-electron chi connectivity index (χ4n) is 3.06. The van der Waals surface area contributed by atoms with Crippen LogP contribution < -0.4 is 0 Å². The van der Waals surface area contributed by atoms with E-state index in [0.717, 1.165) is 12.8 Å². The molecule has 0 heterocycles. The van der Waals surface area contributed by atoms with Crippen LogP contribution in [0.4, 0.5) is 0 Å². The Bertz CT molecular complexity index is 216. The summed E-state index contributed by atoms with van der Waals surface area (Å²) in [6.07, 6.45) is 30.7. The minimum absolute atomic E-state index is 1.11. The highest BCUT2D eigenvalue weighted by atomic mass is 14.0. The maximum Gasteiger partial charge on any atom is -0.0351 e. The Kier molecular flexibility index (Phi) is 21.5. The number of allylic oxidation sites excluding steroid dienone is 2. The van der Waals surface area contributed by atoms with Crippen molar-refractivity contribution in [3.05, 3.63) is 26.0 Å². The molecule has 0 unspecified atom stereocenters. The molecule has 0 bridgehead atoms. The Balaban J connectivity index is 3.03. The van der Waals surface area contributed by atoms with E-state index in [4.69, 9.17) is 0 Å². The molecular formula is C23H44. The van der Waals surface area contributed by atoms with Crippen LogP contribution in [0.2, 0.25) is 0 Å². The van der Waals surface area contributed by atoms with Crippen molar-refractivity contribution in [2.45, 2.75) is 122 Å². The first kappa shape index (κ1) is 22.7. The molecule has 0 nitrogen and oxygen atoms in total. The van der Waals surface area contributed by atoms with Crippen LogP contribution in [0, 0.1) is 13.8 Å². The average Bonchev–Trinajstić information content (AvgIpc) is 2.57. The molecule has 0 aromatic rings. The second-order valence-corrected chi connectivity index (χ2v) is 7.06. The van der Waals surface area contributed by atoms with Gasteiger partial charge in [0, 0.05) is 0 Å². The van der Waals surface area contributed by atoms with E-state index in [-0.39, 0.29) is 0 Å². The van der Waals surface area contributed by atoms with E-state index in [1.165, 1.54) is 109 Å². The second-order valence-electron chi connectivity index (χ2n) is 7.06. The number of hydrogen-bond acceptors (Lipinski definition) is 0. The number of hydrogen-bond donors (Lipinski definition) is 0. The van der Waals surface area contributed by atoms with E-state index >= 15 is 0 Å². The quantitative estimate of drug-likeness (QED) is 0.165. The average molecular weight is 321 g/mol. The summed E-state index contributed by atoms with van der Waals surface area (Å²) in [6, 6.07) is 0. The van der Waals surface area contributed by atoms with Crippen LogP contribution in [0.3, 0.4) is 0 Å². The van der Waals surface area contributed by atoms with Gasteiger partial charge in [-0.25, -0.2) is 0 Å². The first-order valence-electron chi connectivity index (χ1n) is 10.6. The monoisotopic (exact) mass is 320 g/mol. The fourth-order valence-corrected chi connectivity index (χ4v) is 3.06. The summed E-state index contributed by atoms with van der Waals surface area (Å²) in [5.74, 6) is 0. The zero-order valence-electron chi connectivity index (χ0n) is 16.0. The van der Waals surface area contributed by atoms with Crippen LogP contribution in [0.25, 0.3) is 0 Å². The van der Waals surface area contributed by atoms with E-state index in [1.807, 2.05) is 0 Å². The van der Waals surface area contributed by atoms with Crippen molar-refractivity contribution in [1.82, 2.24) is 0 Å². The van der Waals surface area contributed by atoms with Gasteiger partial charge in [-0.3, -0.25) is 0 Å². The third kappa shape index (κ3) is 21.7. The lowest BCUT2D eigenvalue weighted by atomic mass is 10.1. The van der Waals surface area contributed by atoms with Crippen molar-refractivity contribution in [1.29, 1.82) is 0 Å². The maximum absolute atomic E-state index is 3.90. The second kappa shape index (κ2) is 21.7. The predicted octanol–water partition coefficient (Wildman–Crippen LogP) is 8.62. The summed E-state index contributed by atoms with van der Waals surface area (Å²) < 4.78 is 0.